The van der Waals surface area contributed by atoms with Crippen LogP contribution >= 0.6 is 0 Å². The third-order valence-electron chi connectivity index (χ3n) is 3.86. The molecule has 1 aliphatic rings. The topological polar surface area (TPSA) is 100 Å². The van der Waals surface area contributed by atoms with Gasteiger partial charge in [-0.05, 0) is 43.3 Å². The Balaban J connectivity index is 1.90. The fraction of sp³-hybridized carbons (Fsp3) is 0.211. The number of nitrogens with one attached hydrogen (secondary N) is 1. The minimum absolute atomic E-state index is 0.0555. The van der Waals surface area contributed by atoms with Crippen LogP contribution in [0.25, 0.3) is 0 Å². The van der Waals surface area contributed by atoms with Crippen molar-refractivity contribution < 1.29 is 32.2 Å². The molecule has 0 radical (unpaired) electrons. The van der Waals surface area contributed by atoms with Gasteiger partial charge in [0.1, 0.15) is 5.75 Å². The molecule has 9 heteroatoms. The van der Waals surface area contributed by atoms with E-state index in [1.165, 1.54) is 24.3 Å². The highest BCUT2D eigenvalue weighted by Gasteiger charge is 2.28. The van der Waals surface area contributed by atoms with Gasteiger partial charge in [0, 0.05) is 18.0 Å². The van der Waals surface area contributed by atoms with Gasteiger partial charge in [-0.1, -0.05) is 0 Å². The van der Waals surface area contributed by atoms with Gasteiger partial charge in [-0.2, -0.15) is 0 Å². The quantitative estimate of drug-likeness (QED) is 0.554. The predicted molar refractivity (Wildman–Crippen MR) is 101 cm³/mol. The number of sulfone groups is 1. The Bertz CT molecular complexity index is 997. The lowest BCUT2D eigenvalue weighted by molar-refractivity contribution is -0.135. The highest BCUT2D eigenvalue weighted by Crippen LogP contribution is 2.34. The van der Waals surface area contributed by atoms with E-state index in [0.717, 1.165) is 13.3 Å². The van der Waals surface area contributed by atoms with Gasteiger partial charge in [0.2, 0.25) is 16.6 Å². The van der Waals surface area contributed by atoms with E-state index in [9.17, 15) is 13.2 Å². The lowest BCUT2D eigenvalue weighted by Gasteiger charge is -2.10. The van der Waals surface area contributed by atoms with Crippen LogP contribution in [0.4, 0.5) is 5.69 Å². The number of carbonyl (C=O) groups is 1. The van der Waals surface area contributed by atoms with E-state index in [1.54, 1.807) is 18.2 Å². The molecule has 8 nitrogen and oxygen atoms in total. The molecular formula is C19H19NO7S. The Hall–Kier alpha value is -3.20. The Morgan fingerprint density at radius 3 is 2.54 bits per heavy atom. The van der Waals surface area contributed by atoms with Crippen molar-refractivity contribution >= 4 is 21.5 Å². The molecule has 28 heavy (non-hydrogen) atoms. The smallest absolute Gasteiger partial charge is 0.351 e. The van der Waals surface area contributed by atoms with E-state index >= 15 is 0 Å². The summed E-state index contributed by atoms with van der Waals surface area (Å²) in [5, 5.41) is 2.79. The van der Waals surface area contributed by atoms with Gasteiger partial charge in [-0.15, -0.1) is 0 Å². The molecule has 0 saturated carbocycles. The maximum atomic E-state index is 12.9. The summed E-state index contributed by atoms with van der Waals surface area (Å²) < 4.78 is 46.3. The van der Waals surface area contributed by atoms with Crippen LogP contribution in [0.2, 0.25) is 0 Å². The average molecular weight is 405 g/mol. The molecule has 0 aromatic heterocycles. The minimum atomic E-state index is -4.11. The van der Waals surface area contributed by atoms with Crippen molar-refractivity contribution in [3.63, 3.8) is 0 Å². The molecule has 0 spiro atoms. The number of hydrogen-bond donors (Lipinski definition) is 1. The van der Waals surface area contributed by atoms with Crippen LogP contribution in [0.3, 0.4) is 0 Å². The number of benzene rings is 2. The van der Waals surface area contributed by atoms with Crippen LogP contribution in [-0.4, -0.2) is 34.9 Å². The zero-order valence-corrected chi connectivity index (χ0v) is 16.1. The number of esters is 1. The van der Waals surface area contributed by atoms with Crippen molar-refractivity contribution in [2.24, 2.45) is 0 Å². The fourth-order valence-electron chi connectivity index (χ4n) is 2.49. The first-order valence-corrected chi connectivity index (χ1v) is 9.86. The maximum absolute atomic E-state index is 12.9. The molecule has 0 atom stereocenters. The summed E-state index contributed by atoms with van der Waals surface area (Å²) in [4.78, 5) is 11.5. The molecule has 0 bridgehead atoms. The van der Waals surface area contributed by atoms with E-state index in [2.05, 4.69) is 10.1 Å². The second-order valence-electron chi connectivity index (χ2n) is 5.62. The van der Waals surface area contributed by atoms with E-state index in [-0.39, 0.29) is 11.7 Å². The molecule has 0 amide bonds. The molecule has 0 saturated heterocycles. The van der Waals surface area contributed by atoms with E-state index in [4.69, 9.17) is 14.2 Å². The van der Waals surface area contributed by atoms with Gasteiger partial charge in [0.05, 0.1) is 18.6 Å². The number of hydrogen-bond acceptors (Lipinski definition) is 8. The molecule has 148 valence electrons. The molecule has 2 aromatic rings. The summed E-state index contributed by atoms with van der Waals surface area (Å²) >= 11 is 0. The van der Waals surface area contributed by atoms with Gasteiger partial charge in [0.15, 0.2) is 16.4 Å². The summed E-state index contributed by atoms with van der Waals surface area (Å²) in [5.41, 5.74) is 0.521. The summed E-state index contributed by atoms with van der Waals surface area (Å²) in [7, 11) is -3.00. The summed E-state index contributed by atoms with van der Waals surface area (Å²) in [6.07, 6.45) is 1.09. The highest BCUT2D eigenvalue weighted by molar-refractivity contribution is 7.96. The van der Waals surface area contributed by atoms with Crippen LogP contribution in [0.1, 0.15) is 6.92 Å². The first-order valence-electron chi connectivity index (χ1n) is 8.38. The first-order chi connectivity index (χ1) is 13.5. The summed E-state index contributed by atoms with van der Waals surface area (Å²) in [6, 6.07) is 10.8. The van der Waals surface area contributed by atoms with Gasteiger partial charge in [-0.25, -0.2) is 13.2 Å². The third kappa shape index (κ3) is 4.04. The molecule has 2 aromatic carbocycles. The molecule has 1 heterocycles. The number of rotatable bonds is 7. The number of ether oxygens (including phenoxy) is 4. The largest absolute Gasteiger partial charge is 0.494 e. The number of carbonyl (C=O) groups excluding carboxylic acids is 1. The van der Waals surface area contributed by atoms with Crippen molar-refractivity contribution in [1.82, 2.24) is 0 Å². The summed E-state index contributed by atoms with van der Waals surface area (Å²) in [5.74, 6) is 0.655. The Morgan fingerprint density at radius 1 is 1.14 bits per heavy atom. The van der Waals surface area contributed by atoms with Crippen LogP contribution in [-0.2, 0) is 19.4 Å². The monoisotopic (exact) mass is 405 g/mol. The standard InChI is InChI=1S/C19H19NO7S/c1-3-25-14-5-7-15(8-6-14)28(22,23)18(19(21)24-2)11-20-13-4-9-16-17(10-13)27-12-26-16/h4-11,20H,3,12H2,1-2H3/b18-11+. The first kappa shape index (κ1) is 19.6. The van der Waals surface area contributed by atoms with Crippen molar-refractivity contribution in [3.8, 4) is 17.2 Å². The van der Waals surface area contributed by atoms with Crippen LogP contribution in [0, 0.1) is 0 Å². The molecule has 0 unspecified atom stereocenters. The third-order valence-corrected chi connectivity index (χ3v) is 5.62. The molecule has 1 N–H and O–H groups in total. The van der Waals surface area contributed by atoms with E-state index < -0.39 is 20.7 Å². The zero-order valence-electron chi connectivity index (χ0n) is 15.3. The van der Waals surface area contributed by atoms with Gasteiger partial charge >= 0.3 is 5.97 Å². The van der Waals surface area contributed by atoms with Gasteiger partial charge in [0.25, 0.3) is 0 Å². The lowest BCUT2D eigenvalue weighted by Crippen LogP contribution is -2.17. The van der Waals surface area contributed by atoms with Gasteiger partial charge in [-0.3, -0.25) is 0 Å². The molecule has 0 aliphatic carbocycles. The molecule has 3 rings (SSSR count). The number of methoxy groups -OCH3 is 1. The second-order valence-corrected chi connectivity index (χ2v) is 7.54. The van der Waals surface area contributed by atoms with Crippen LogP contribution in [0.5, 0.6) is 17.2 Å². The molecular weight excluding hydrogens is 386 g/mol. The van der Waals surface area contributed by atoms with Crippen LogP contribution in [0.15, 0.2) is 58.5 Å². The maximum Gasteiger partial charge on any atom is 0.351 e. The van der Waals surface area contributed by atoms with Crippen LogP contribution < -0.4 is 19.5 Å². The molecule has 1 aliphatic heterocycles. The average Bonchev–Trinajstić information content (AvgIpc) is 3.16. The highest BCUT2D eigenvalue weighted by atomic mass is 32.2. The minimum Gasteiger partial charge on any atom is -0.494 e. The Morgan fingerprint density at radius 2 is 1.86 bits per heavy atom. The van der Waals surface area contributed by atoms with Crippen molar-refractivity contribution in [1.29, 1.82) is 0 Å². The van der Waals surface area contributed by atoms with E-state index in [0.29, 0.717) is 29.5 Å². The summed E-state index contributed by atoms with van der Waals surface area (Å²) in [6.45, 7) is 2.40. The van der Waals surface area contributed by atoms with Crippen molar-refractivity contribution in [3.05, 3.63) is 53.6 Å². The van der Waals surface area contributed by atoms with E-state index in [1.807, 2.05) is 6.92 Å². The number of anilines is 1. The lowest BCUT2D eigenvalue weighted by atomic mass is 10.3. The molecule has 0 fully saturated rings. The normalized spacial score (nSPS) is 13.1. The van der Waals surface area contributed by atoms with Gasteiger partial charge < -0.3 is 24.3 Å². The predicted octanol–water partition coefficient (Wildman–Crippen LogP) is 2.71. The van der Waals surface area contributed by atoms with Crippen molar-refractivity contribution in [2.45, 2.75) is 11.8 Å². The zero-order chi connectivity index (χ0) is 20.1. The van der Waals surface area contributed by atoms with Crippen molar-refractivity contribution in [2.75, 3.05) is 25.8 Å². The fourth-order valence-corrected chi connectivity index (χ4v) is 3.76. The Labute approximate surface area is 162 Å². The SMILES string of the molecule is CCOc1ccc(S(=O)(=O)/C(=C/Nc2ccc3c(c2)OCO3)C(=O)OC)cc1. The second kappa shape index (κ2) is 8.22. The number of fused-ring (bicyclic) bond motifs is 1. The Kier molecular flexibility index (Phi) is 5.74.